The quantitative estimate of drug-likeness (QED) is 0.935. The smallest absolute Gasteiger partial charge is 0.101 e. The van der Waals surface area contributed by atoms with E-state index in [4.69, 9.17) is 10.5 Å². The SMILES string of the molecule is CC(C)(C)c1ncc(CNc2ccc(C#N)c(C#N)c2)s1. The third kappa shape index (κ3) is 3.59. The predicted molar refractivity (Wildman–Crippen MR) is 84.0 cm³/mol. The van der Waals surface area contributed by atoms with Crippen LogP contribution in [0.25, 0.3) is 0 Å². The van der Waals surface area contributed by atoms with E-state index in [1.807, 2.05) is 24.4 Å². The fourth-order valence-electron chi connectivity index (χ4n) is 1.77. The minimum Gasteiger partial charge on any atom is -0.380 e. The van der Waals surface area contributed by atoms with Gasteiger partial charge in [0.15, 0.2) is 0 Å². The summed E-state index contributed by atoms with van der Waals surface area (Å²) in [6.07, 6.45) is 1.88. The van der Waals surface area contributed by atoms with Crippen molar-refractivity contribution in [2.75, 3.05) is 5.32 Å². The maximum absolute atomic E-state index is 9.02. The highest BCUT2D eigenvalue weighted by atomic mass is 32.1. The number of nitrogens with one attached hydrogen (secondary N) is 1. The van der Waals surface area contributed by atoms with E-state index in [0.29, 0.717) is 17.7 Å². The third-order valence-corrected chi connectivity index (χ3v) is 4.35. The minimum absolute atomic E-state index is 0.0609. The lowest BCUT2D eigenvalue weighted by molar-refractivity contribution is 0.585. The van der Waals surface area contributed by atoms with E-state index >= 15 is 0 Å². The Morgan fingerprint density at radius 2 is 1.90 bits per heavy atom. The molecule has 1 aromatic carbocycles. The number of rotatable bonds is 3. The molecule has 0 fully saturated rings. The maximum Gasteiger partial charge on any atom is 0.101 e. The van der Waals surface area contributed by atoms with Gasteiger partial charge in [-0.2, -0.15) is 10.5 Å². The largest absolute Gasteiger partial charge is 0.380 e. The summed E-state index contributed by atoms with van der Waals surface area (Å²) in [5.74, 6) is 0. The van der Waals surface area contributed by atoms with Gasteiger partial charge in [-0.1, -0.05) is 20.8 Å². The van der Waals surface area contributed by atoms with Crippen LogP contribution in [0.2, 0.25) is 0 Å². The third-order valence-electron chi connectivity index (χ3n) is 2.92. The Morgan fingerprint density at radius 1 is 1.19 bits per heavy atom. The van der Waals surface area contributed by atoms with E-state index in [-0.39, 0.29) is 5.41 Å². The highest BCUT2D eigenvalue weighted by Gasteiger charge is 2.17. The van der Waals surface area contributed by atoms with Gasteiger partial charge in [0, 0.05) is 22.2 Å². The number of benzene rings is 1. The molecule has 1 heterocycles. The van der Waals surface area contributed by atoms with Crippen molar-refractivity contribution in [3.8, 4) is 12.1 Å². The highest BCUT2D eigenvalue weighted by Crippen LogP contribution is 2.27. The van der Waals surface area contributed by atoms with Crippen LogP contribution in [0, 0.1) is 22.7 Å². The van der Waals surface area contributed by atoms with E-state index in [1.165, 1.54) is 0 Å². The molecular weight excluding hydrogens is 280 g/mol. The van der Waals surface area contributed by atoms with Gasteiger partial charge in [-0.05, 0) is 18.2 Å². The van der Waals surface area contributed by atoms with Gasteiger partial charge in [0.25, 0.3) is 0 Å². The Balaban J connectivity index is 2.09. The first-order valence-electron chi connectivity index (χ1n) is 6.57. The molecule has 0 aliphatic carbocycles. The molecule has 0 aliphatic heterocycles. The second-order valence-electron chi connectivity index (χ2n) is 5.72. The van der Waals surface area contributed by atoms with Crippen molar-refractivity contribution in [2.24, 2.45) is 0 Å². The molecule has 0 saturated heterocycles. The van der Waals surface area contributed by atoms with Gasteiger partial charge >= 0.3 is 0 Å². The summed E-state index contributed by atoms with van der Waals surface area (Å²) in [6, 6.07) is 9.22. The monoisotopic (exact) mass is 296 g/mol. The summed E-state index contributed by atoms with van der Waals surface area (Å²) in [5.41, 5.74) is 1.68. The first kappa shape index (κ1) is 15.0. The molecule has 0 atom stereocenters. The number of hydrogen-bond acceptors (Lipinski definition) is 5. The first-order valence-corrected chi connectivity index (χ1v) is 7.39. The molecule has 21 heavy (non-hydrogen) atoms. The van der Waals surface area contributed by atoms with E-state index in [9.17, 15) is 0 Å². The van der Waals surface area contributed by atoms with Crippen LogP contribution in [-0.2, 0) is 12.0 Å². The highest BCUT2D eigenvalue weighted by molar-refractivity contribution is 7.11. The number of thiazole rings is 1. The fraction of sp³-hybridized carbons (Fsp3) is 0.312. The Morgan fingerprint density at radius 3 is 2.48 bits per heavy atom. The molecule has 0 spiro atoms. The summed E-state index contributed by atoms with van der Waals surface area (Å²) in [6.45, 7) is 7.08. The summed E-state index contributed by atoms with van der Waals surface area (Å²) in [7, 11) is 0. The molecule has 0 radical (unpaired) electrons. The average Bonchev–Trinajstić information content (AvgIpc) is 2.93. The number of aromatic nitrogens is 1. The van der Waals surface area contributed by atoms with Crippen LogP contribution in [0.1, 0.15) is 41.8 Å². The van der Waals surface area contributed by atoms with E-state index in [1.54, 1.807) is 23.5 Å². The molecule has 4 nitrogen and oxygen atoms in total. The van der Waals surface area contributed by atoms with Gasteiger partial charge in [-0.3, -0.25) is 0 Å². The lowest BCUT2D eigenvalue weighted by Gasteiger charge is -2.13. The fourth-order valence-corrected chi connectivity index (χ4v) is 2.68. The van der Waals surface area contributed by atoms with Crippen LogP contribution >= 0.6 is 11.3 Å². The van der Waals surface area contributed by atoms with Gasteiger partial charge in [-0.25, -0.2) is 4.98 Å². The number of nitriles is 2. The van der Waals surface area contributed by atoms with Crippen LogP contribution < -0.4 is 5.32 Å². The Labute approximate surface area is 128 Å². The normalized spacial score (nSPS) is 10.7. The second kappa shape index (κ2) is 5.95. The predicted octanol–water partition coefficient (Wildman–Crippen LogP) is 3.80. The first-order chi connectivity index (χ1) is 9.94. The molecule has 2 aromatic rings. The van der Waals surface area contributed by atoms with Crippen LogP contribution in [-0.4, -0.2) is 4.98 Å². The van der Waals surface area contributed by atoms with E-state index in [0.717, 1.165) is 15.6 Å². The number of hydrogen-bond donors (Lipinski definition) is 1. The average molecular weight is 296 g/mol. The van der Waals surface area contributed by atoms with Gasteiger partial charge in [-0.15, -0.1) is 11.3 Å². The van der Waals surface area contributed by atoms with Crippen LogP contribution in [0.4, 0.5) is 5.69 Å². The molecule has 0 aliphatic rings. The summed E-state index contributed by atoms with van der Waals surface area (Å²) in [4.78, 5) is 5.59. The second-order valence-corrected chi connectivity index (χ2v) is 6.83. The zero-order valence-corrected chi connectivity index (χ0v) is 13.1. The maximum atomic E-state index is 9.02. The van der Waals surface area contributed by atoms with E-state index in [2.05, 4.69) is 31.1 Å². The van der Waals surface area contributed by atoms with Gasteiger partial charge in [0.05, 0.1) is 22.7 Å². The minimum atomic E-state index is 0.0609. The molecule has 5 heteroatoms. The molecule has 106 valence electrons. The lowest BCUT2D eigenvalue weighted by Crippen LogP contribution is -2.09. The summed E-state index contributed by atoms with van der Waals surface area (Å²) in [5, 5.41) is 22.3. The van der Waals surface area contributed by atoms with Crippen LogP contribution in [0.15, 0.2) is 24.4 Å². The topological polar surface area (TPSA) is 72.5 Å². The van der Waals surface area contributed by atoms with Crippen molar-refractivity contribution in [1.29, 1.82) is 10.5 Å². The van der Waals surface area contributed by atoms with Gasteiger partial charge in [0.1, 0.15) is 12.1 Å². The van der Waals surface area contributed by atoms with Crippen molar-refractivity contribution in [1.82, 2.24) is 4.98 Å². The number of anilines is 1. The molecular formula is C16H16N4S. The zero-order chi connectivity index (χ0) is 15.5. The van der Waals surface area contributed by atoms with Crippen molar-refractivity contribution in [3.63, 3.8) is 0 Å². The van der Waals surface area contributed by atoms with Crippen molar-refractivity contribution < 1.29 is 0 Å². The molecule has 2 rings (SSSR count). The molecule has 0 bridgehead atoms. The summed E-state index contributed by atoms with van der Waals surface area (Å²) < 4.78 is 0. The Kier molecular flexibility index (Phi) is 4.26. The van der Waals surface area contributed by atoms with Crippen molar-refractivity contribution >= 4 is 17.0 Å². The standard InChI is InChI=1S/C16H16N4S/c1-16(2,3)15-20-10-14(21-15)9-19-13-5-4-11(7-17)12(6-13)8-18/h4-6,10,19H,9H2,1-3H3. The molecule has 0 saturated carbocycles. The van der Waals surface area contributed by atoms with Crippen molar-refractivity contribution in [3.05, 3.63) is 45.4 Å². The van der Waals surface area contributed by atoms with Gasteiger partial charge < -0.3 is 5.32 Å². The zero-order valence-electron chi connectivity index (χ0n) is 12.3. The van der Waals surface area contributed by atoms with Gasteiger partial charge in [0.2, 0.25) is 0 Å². The lowest BCUT2D eigenvalue weighted by atomic mass is 9.98. The van der Waals surface area contributed by atoms with Crippen LogP contribution in [0.5, 0.6) is 0 Å². The number of nitrogens with zero attached hydrogens (tertiary/aromatic N) is 3. The Hall–Kier alpha value is -2.37. The Bertz CT molecular complexity index is 726. The molecule has 0 amide bonds. The van der Waals surface area contributed by atoms with E-state index < -0.39 is 0 Å². The van der Waals surface area contributed by atoms with Crippen LogP contribution in [0.3, 0.4) is 0 Å². The summed E-state index contributed by atoms with van der Waals surface area (Å²) >= 11 is 1.69. The molecule has 1 N–H and O–H groups in total. The molecule has 0 unspecified atom stereocenters. The van der Waals surface area contributed by atoms with Crippen molar-refractivity contribution in [2.45, 2.75) is 32.7 Å². The molecule has 1 aromatic heterocycles.